The molecule has 1 fully saturated rings. The fourth-order valence-electron chi connectivity index (χ4n) is 2.01. The first-order chi connectivity index (χ1) is 8.97. The van der Waals surface area contributed by atoms with Gasteiger partial charge >= 0.3 is 0 Å². The van der Waals surface area contributed by atoms with E-state index in [1.54, 1.807) is 6.92 Å². The Bertz CT molecular complexity index is 289. The van der Waals surface area contributed by atoms with Gasteiger partial charge in [0.05, 0.1) is 6.10 Å². The first kappa shape index (κ1) is 16.3. The van der Waals surface area contributed by atoms with Crippen molar-refractivity contribution in [1.29, 1.82) is 0 Å². The van der Waals surface area contributed by atoms with Crippen molar-refractivity contribution in [2.45, 2.75) is 63.3 Å². The van der Waals surface area contributed by atoms with Gasteiger partial charge in [-0.25, -0.2) is 0 Å². The summed E-state index contributed by atoms with van der Waals surface area (Å²) in [5, 5.41) is 31.3. The number of aliphatic hydroxyl groups is 3. The highest BCUT2D eigenvalue weighted by Crippen LogP contribution is 2.19. The van der Waals surface area contributed by atoms with E-state index in [4.69, 9.17) is 10.5 Å². The highest BCUT2D eigenvalue weighted by atomic mass is 16.5. The Balaban J connectivity index is 2.36. The number of carbonyl (C=O) groups is 1. The van der Waals surface area contributed by atoms with Gasteiger partial charge in [-0.1, -0.05) is 6.42 Å². The van der Waals surface area contributed by atoms with Crippen LogP contribution in [0.3, 0.4) is 0 Å². The molecule has 19 heavy (non-hydrogen) atoms. The van der Waals surface area contributed by atoms with Crippen molar-refractivity contribution in [3.05, 3.63) is 0 Å². The lowest BCUT2D eigenvalue weighted by molar-refractivity contribution is -0.224. The third-order valence-electron chi connectivity index (χ3n) is 3.26. The molecular weight excluding hydrogens is 252 g/mol. The summed E-state index contributed by atoms with van der Waals surface area (Å²) < 4.78 is 5.27. The standard InChI is InChI=1S/C12H24N2O5/c1-7-9(16)10(17)11(18)12(19-7)14-8(15)5-3-2-4-6-13/h7,9-12,16-18H,2-6,13H2,1H3,(H,14,15)/t7-,9-,10+,11+,12+/m1/s1. The average Bonchev–Trinajstić information content (AvgIpc) is 2.38. The highest BCUT2D eigenvalue weighted by Gasteiger charge is 2.42. The molecule has 0 spiro atoms. The van der Waals surface area contributed by atoms with Crippen molar-refractivity contribution in [3.8, 4) is 0 Å². The zero-order valence-electron chi connectivity index (χ0n) is 11.2. The van der Waals surface area contributed by atoms with Gasteiger partial charge < -0.3 is 31.1 Å². The Labute approximate surface area is 112 Å². The molecule has 1 amide bonds. The van der Waals surface area contributed by atoms with E-state index < -0.39 is 30.6 Å². The summed E-state index contributed by atoms with van der Waals surface area (Å²) in [5.41, 5.74) is 5.35. The number of nitrogens with one attached hydrogen (secondary N) is 1. The molecule has 0 aromatic rings. The summed E-state index contributed by atoms with van der Waals surface area (Å²) in [6.45, 7) is 2.17. The van der Waals surface area contributed by atoms with Gasteiger partial charge in [-0.2, -0.15) is 0 Å². The van der Waals surface area contributed by atoms with Crippen LogP contribution in [-0.2, 0) is 9.53 Å². The Hall–Kier alpha value is -0.730. The second-order valence-electron chi connectivity index (χ2n) is 4.90. The molecular formula is C12H24N2O5. The van der Waals surface area contributed by atoms with Crippen LogP contribution in [-0.4, -0.2) is 58.4 Å². The Morgan fingerprint density at radius 3 is 2.47 bits per heavy atom. The van der Waals surface area contributed by atoms with E-state index in [0.717, 1.165) is 12.8 Å². The van der Waals surface area contributed by atoms with Gasteiger partial charge in [0.2, 0.25) is 5.91 Å². The van der Waals surface area contributed by atoms with Crippen LogP contribution in [0.2, 0.25) is 0 Å². The zero-order chi connectivity index (χ0) is 14.4. The molecule has 0 aromatic carbocycles. The predicted octanol–water partition coefficient (Wildman–Crippen LogP) is -1.55. The summed E-state index contributed by atoms with van der Waals surface area (Å²) in [6.07, 6.45) is -2.69. The zero-order valence-corrected chi connectivity index (χ0v) is 11.2. The molecule has 1 saturated heterocycles. The van der Waals surface area contributed by atoms with Gasteiger partial charge in [0.1, 0.15) is 18.3 Å². The molecule has 1 heterocycles. The van der Waals surface area contributed by atoms with E-state index in [1.165, 1.54) is 0 Å². The van der Waals surface area contributed by atoms with Gasteiger partial charge in [0.25, 0.3) is 0 Å². The molecule has 1 rings (SSSR count). The minimum atomic E-state index is -1.33. The van der Waals surface area contributed by atoms with Crippen molar-refractivity contribution in [3.63, 3.8) is 0 Å². The number of nitrogens with two attached hydrogens (primary N) is 1. The summed E-state index contributed by atoms with van der Waals surface area (Å²) >= 11 is 0. The molecule has 1 aliphatic rings. The van der Waals surface area contributed by atoms with Crippen LogP contribution in [0.4, 0.5) is 0 Å². The quantitative estimate of drug-likeness (QED) is 0.374. The molecule has 5 atom stereocenters. The maximum absolute atomic E-state index is 11.6. The molecule has 0 bridgehead atoms. The smallest absolute Gasteiger partial charge is 0.222 e. The number of carbonyl (C=O) groups excluding carboxylic acids is 1. The summed E-state index contributed by atoms with van der Waals surface area (Å²) in [7, 11) is 0. The van der Waals surface area contributed by atoms with Gasteiger partial charge in [-0.05, 0) is 26.3 Å². The molecule has 7 heteroatoms. The number of hydrogen-bond donors (Lipinski definition) is 5. The first-order valence-corrected chi connectivity index (χ1v) is 6.66. The number of rotatable bonds is 6. The molecule has 7 nitrogen and oxygen atoms in total. The monoisotopic (exact) mass is 276 g/mol. The van der Waals surface area contributed by atoms with Crippen LogP contribution in [0.5, 0.6) is 0 Å². The van der Waals surface area contributed by atoms with Crippen molar-refractivity contribution in [2.24, 2.45) is 5.73 Å². The number of ether oxygens (including phenoxy) is 1. The van der Waals surface area contributed by atoms with Crippen LogP contribution < -0.4 is 11.1 Å². The normalized spacial score (nSPS) is 35.1. The van der Waals surface area contributed by atoms with Crippen molar-refractivity contribution in [1.82, 2.24) is 5.32 Å². The molecule has 1 aliphatic heterocycles. The van der Waals surface area contributed by atoms with Gasteiger partial charge in [0, 0.05) is 6.42 Å². The molecule has 0 aliphatic carbocycles. The van der Waals surface area contributed by atoms with Gasteiger partial charge in [-0.15, -0.1) is 0 Å². The average molecular weight is 276 g/mol. The fraction of sp³-hybridized carbons (Fsp3) is 0.917. The second-order valence-corrected chi connectivity index (χ2v) is 4.90. The van der Waals surface area contributed by atoms with Gasteiger partial charge in [0.15, 0.2) is 6.23 Å². The second kappa shape index (κ2) is 7.76. The van der Waals surface area contributed by atoms with E-state index in [-0.39, 0.29) is 5.91 Å². The van der Waals surface area contributed by atoms with Crippen LogP contribution in [0.15, 0.2) is 0 Å². The Kier molecular flexibility index (Phi) is 6.67. The van der Waals surface area contributed by atoms with E-state index in [2.05, 4.69) is 5.32 Å². The van der Waals surface area contributed by atoms with Crippen molar-refractivity contribution < 1.29 is 24.9 Å². The maximum atomic E-state index is 11.6. The number of aliphatic hydroxyl groups excluding tert-OH is 3. The minimum Gasteiger partial charge on any atom is -0.388 e. The molecule has 0 unspecified atom stereocenters. The molecule has 0 saturated carbocycles. The highest BCUT2D eigenvalue weighted by molar-refractivity contribution is 5.76. The maximum Gasteiger partial charge on any atom is 0.222 e. The topological polar surface area (TPSA) is 125 Å². The van der Waals surface area contributed by atoms with E-state index in [0.29, 0.717) is 19.4 Å². The van der Waals surface area contributed by atoms with E-state index in [9.17, 15) is 20.1 Å². The fourth-order valence-corrected chi connectivity index (χ4v) is 2.01. The largest absolute Gasteiger partial charge is 0.388 e. The minimum absolute atomic E-state index is 0.253. The van der Waals surface area contributed by atoms with Crippen molar-refractivity contribution in [2.75, 3.05) is 6.54 Å². The summed E-state index contributed by atoms with van der Waals surface area (Å²) in [6, 6.07) is 0. The third-order valence-corrected chi connectivity index (χ3v) is 3.26. The Morgan fingerprint density at radius 2 is 1.84 bits per heavy atom. The number of amides is 1. The van der Waals surface area contributed by atoms with Crippen molar-refractivity contribution >= 4 is 5.91 Å². The lowest BCUT2D eigenvalue weighted by Crippen LogP contribution is -2.61. The van der Waals surface area contributed by atoms with Crippen LogP contribution in [0, 0.1) is 0 Å². The molecule has 6 N–H and O–H groups in total. The summed E-state index contributed by atoms with van der Waals surface area (Å²) in [5.74, 6) is -0.253. The lowest BCUT2D eigenvalue weighted by Gasteiger charge is -2.39. The molecule has 0 radical (unpaired) electrons. The van der Waals surface area contributed by atoms with Crippen LogP contribution in [0.25, 0.3) is 0 Å². The third kappa shape index (κ3) is 4.70. The Morgan fingerprint density at radius 1 is 1.16 bits per heavy atom. The number of unbranched alkanes of at least 4 members (excludes halogenated alkanes) is 2. The van der Waals surface area contributed by atoms with Crippen LogP contribution >= 0.6 is 0 Å². The molecule has 112 valence electrons. The first-order valence-electron chi connectivity index (χ1n) is 6.66. The van der Waals surface area contributed by atoms with E-state index >= 15 is 0 Å². The van der Waals surface area contributed by atoms with Gasteiger partial charge in [-0.3, -0.25) is 4.79 Å². The summed E-state index contributed by atoms with van der Waals surface area (Å²) in [4.78, 5) is 11.6. The lowest BCUT2D eigenvalue weighted by atomic mass is 9.99. The SMILES string of the molecule is C[C@H]1O[C@H](NC(=O)CCCCCN)[C@@H](O)[C@@H](O)[C@@H]1O. The van der Waals surface area contributed by atoms with E-state index in [1.807, 2.05) is 0 Å². The molecule has 0 aromatic heterocycles. The predicted molar refractivity (Wildman–Crippen MR) is 68.0 cm³/mol. The van der Waals surface area contributed by atoms with Crippen LogP contribution in [0.1, 0.15) is 32.6 Å². The number of hydrogen-bond acceptors (Lipinski definition) is 6.